The first-order chi connectivity index (χ1) is 19.6. The fourth-order valence-electron chi connectivity index (χ4n) is 5.18. The lowest BCUT2D eigenvalue weighted by molar-refractivity contribution is 0.391. The summed E-state index contributed by atoms with van der Waals surface area (Å²) in [6, 6.07) is 5.73. The molecular weight excluding hydrogens is 510 g/mol. The molecular formula is C28H33N9O3. The standard InChI is InChI=1S/C28H33N9O3/c1-5-36-17-21(15-31-36)35-11-6-7-20(16-35)25-33-26-18(2)24(27-29-10-12-40-27)32-28(37(26)34-25)30-14-19-8-9-22(38-3)13-23(19)39-4/h8-10,12-13,15,17,20H,5-7,11,14,16H2,1-4H3,(H,30,32). The summed E-state index contributed by atoms with van der Waals surface area (Å²) in [6.07, 6.45) is 9.27. The quantitative estimate of drug-likeness (QED) is 0.288. The SMILES string of the molecule is CCn1cc(N2CCCC(c3nc4c(C)c(-c5ncco5)nc(NCc5ccc(OC)cc5OC)n4n3)C2)cn1. The first-order valence-corrected chi connectivity index (χ1v) is 13.5. The van der Waals surface area contributed by atoms with Gasteiger partial charge in [0.2, 0.25) is 11.8 Å². The van der Waals surface area contributed by atoms with Crippen LogP contribution < -0.4 is 19.7 Å². The molecule has 0 aliphatic carbocycles. The van der Waals surface area contributed by atoms with Gasteiger partial charge in [0.1, 0.15) is 23.5 Å². The molecule has 0 saturated carbocycles. The molecule has 12 nitrogen and oxygen atoms in total. The summed E-state index contributed by atoms with van der Waals surface area (Å²) in [6.45, 7) is 7.19. The normalized spacial score (nSPS) is 15.5. The highest BCUT2D eigenvalue weighted by Crippen LogP contribution is 2.32. The number of anilines is 2. The van der Waals surface area contributed by atoms with Gasteiger partial charge in [0.05, 0.1) is 32.3 Å². The zero-order valence-corrected chi connectivity index (χ0v) is 23.2. The lowest BCUT2D eigenvalue weighted by Gasteiger charge is -2.32. The average molecular weight is 544 g/mol. The third-order valence-corrected chi connectivity index (χ3v) is 7.39. The van der Waals surface area contributed by atoms with Crippen molar-refractivity contribution in [1.82, 2.24) is 34.3 Å². The molecule has 0 radical (unpaired) electrons. The van der Waals surface area contributed by atoms with Gasteiger partial charge in [-0.2, -0.15) is 9.61 Å². The number of ether oxygens (including phenoxy) is 2. The van der Waals surface area contributed by atoms with E-state index < -0.39 is 0 Å². The van der Waals surface area contributed by atoms with E-state index in [1.165, 1.54) is 0 Å². The first-order valence-electron chi connectivity index (χ1n) is 13.5. The molecule has 0 bridgehead atoms. The van der Waals surface area contributed by atoms with Gasteiger partial charge in [-0.05, 0) is 38.8 Å². The molecule has 1 saturated heterocycles. The van der Waals surface area contributed by atoms with Crippen LogP contribution in [0, 0.1) is 6.92 Å². The highest BCUT2D eigenvalue weighted by Gasteiger charge is 2.28. The minimum absolute atomic E-state index is 0.178. The maximum atomic E-state index is 5.62. The second-order valence-electron chi connectivity index (χ2n) is 9.82. The van der Waals surface area contributed by atoms with Gasteiger partial charge in [0.25, 0.3) is 0 Å². The summed E-state index contributed by atoms with van der Waals surface area (Å²) < 4.78 is 20.3. The van der Waals surface area contributed by atoms with E-state index in [0.717, 1.165) is 72.3 Å². The smallest absolute Gasteiger partial charge is 0.245 e. The van der Waals surface area contributed by atoms with Crippen molar-refractivity contribution in [3.05, 3.63) is 60.0 Å². The highest BCUT2D eigenvalue weighted by atomic mass is 16.5. The fourth-order valence-corrected chi connectivity index (χ4v) is 5.18. The van der Waals surface area contributed by atoms with Gasteiger partial charge in [-0.1, -0.05) is 0 Å². The van der Waals surface area contributed by atoms with Gasteiger partial charge < -0.3 is 24.1 Å². The number of hydrogen-bond donors (Lipinski definition) is 1. The van der Waals surface area contributed by atoms with Gasteiger partial charge in [-0.3, -0.25) is 4.68 Å². The van der Waals surface area contributed by atoms with Gasteiger partial charge in [-0.15, -0.1) is 5.10 Å². The molecule has 1 N–H and O–H groups in total. The first kappa shape index (κ1) is 25.7. The number of oxazole rings is 1. The van der Waals surface area contributed by atoms with E-state index in [4.69, 9.17) is 29.0 Å². The summed E-state index contributed by atoms with van der Waals surface area (Å²) in [5, 5.41) is 12.9. The number of methoxy groups -OCH3 is 2. The summed E-state index contributed by atoms with van der Waals surface area (Å²) in [5.74, 6) is 3.40. The molecule has 6 rings (SSSR count). The number of hydrogen-bond acceptors (Lipinski definition) is 10. The largest absolute Gasteiger partial charge is 0.497 e. The number of benzene rings is 1. The van der Waals surface area contributed by atoms with E-state index in [1.54, 1.807) is 31.2 Å². The van der Waals surface area contributed by atoms with Crippen LogP contribution in [0.2, 0.25) is 0 Å². The zero-order chi connectivity index (χ0) is 27.6. The van der Waals surface area contributed by atoms with Crippen LogP contribution in [0.5, 0.6) is 11.5 Å². The molecule has 0 spiro atoms. The van der Waals surface area contributed by atoms with Crippen molar-refractivity contribution in [3.63, 3.8) is 0 Å². The van der Waals surface area contributed by atoms with Gasteiger partial charge >= 0.3 is 0 Å². The van der Waals surface area contributed by atoms with E-state index in [1.807, 2.05) is 36.0 Å². The summed E-state index contributed by atoms with van der Waals surface area (Å²) in [7, 11) is 3.28. The van der Waals surface area contributed by atoms with Gasteiger partial charge in [0.15, 0.2) is 11.5 Å². The Kier molecular flexibility index (Phi) is 6.97. The van der Waals surface area contributed by atoms with Gasteiger partial charge in [0, 0.05) is 55.5 Å². The Bertz CT molecular complexity index is 1610. The molecule has 0 amide bonds. The third-order valence-electron chi connectivity index (χ3n) is 7.39. The van der Waals surface area contributed by atoms with Crippen LogP contribution in [0.4, 0.5) is 11.6 Å². The second-order valence-corrected chi connectivity index (χ2v) is 9.82. The molecule has 5 aromatic rings. The molecule has 208 valence electrons. The topological polar surface area (TPSA) is 121 Å². The number of fused-ring (bicyclic) bond motifs is 1. The van der Waals surface area contributed by atoms with Crippen LogP contribution in [-0.4, -0.2) is 61.7 Å². The molecule has 40 heavy (non-hydrogen) atoms. The number of aryl methyl sites for hydroxylation is 2. The minimum atomic E-state index is 0.178. The molecule has 1 aliphatic rings. The molecule has 5 heterocycles. The van der Waals surface area contributed by atoms with Crippen LogP contribution >= 0.6 is 0 Å². The van der Waals surface area contributed by atoms with Crippen LogP contribution in [0.25, 0.3) is 17.2 Å². The van der Waals surface area contributed by atoms with Crippen molar-refractivity contribution >= 4 is 17.3 Å². The Morgan fingerprint density at radius 2 is 2.08 bits per heavy atom. The van der Waals surface area contributed by atoms with Gasteiger partial charge in [-0.25, -0.2) is 15.0 Å². The molecule has 12 heteroatoms. The van der Waals surface area contributed by atoms with Crippen molar-refractivity contribution in [1.29, 1.82) is 0 Å². The summed E-state index contributed by atoms with van der Waals surface area (Å²) in [5.41, 5.74) is 4.28. The number of nitrogens with zero attached hydrogens (tertiary/aromatic N) is 8. The molecule has 1 atom stereocenters. The Hall–Kier alpha value is -4.61. The number of nitrogens with one attached hydrogen (secondary N) is 1. The van der Waals surface area contributed by atoms with Crippen molar-refractivity contribution < 1.29 is 13.9 Å². The Labute approximate surface area is 232 Å². The molecule has 1 aromatic carbocycles. The minimum Gasteiger partial charge on any atom is -0.497 e. The van der Waals surface area contributed by atoms with E-state index >= 15 is 0 Å². The lowest BCUT2D eigenvalue weighted by atomic mass is 9.97. The zero-order valence-electron chi connectivity index (χ0n) is 23.2. The highest BCUT2D eigenvalue weighted by molar-refractivity contribution is 5.66. The van der Waals surface area contributed by atoms with E-state index in [2.05, 4.69) is 33.4 Å². The molecule has 4 aromatic heterocycles. The van der Waals surface area contributed by atoms with E-state index in [9.17, 15) is 0 Å². The van der Waals surface area contributed by atoms with Crippen LogP contribution in [0.3, 0.4) is 0 Å². The molecule has 1 aliphatic heterocycles. The predicted molar refractivity (Wildman–Crippen MR) is 150 cm³/mol. The second kappa shape index (κ2) is 10.9. The van der Waals surface area contributed by atoms with Crippen molar-refractivity contribution in [2.24, 2.45) is 0 Å². The number of rotatable bonds is 9. The number of aromatic nitrogens is 7. The monoisotopic (exact) mass is 543 g/mol. The maximum absolute atomic E-state index is 5.62. The Morgan fingerprint density at radius 3 is 2.83 bits per heavy atom. The van der Waals surface area contributed by atoms with Crippen molar-refractivity contribution in [2.75, 3.05) is 37.5 Å². The Balaban J connectivity index is 1.35. The van der Waals surface area contributed by atoms with Crippen LogP contribution in [0.15, 0.2) is 47.5 Å². The molecule has 1 unspecified atom stereocenters. The van der Waals surface area contributed by atoms with E-state index in [0.29, 0.717) is 24.1 Å². The van der Waals surface area contributed by atoms with Crippen molar-refractivity contribution in [2.45, 2.75) is 45.7 Å². The van der Waals surface area contributed by atoms with Crippen LogP contribution in [-0.2, 0) is 13.1 Å². The van der Waals surface area contributed by atoms with Crippen LogP contribution in [0.1, 0.15) is 42.6 Å². The average Bonchev–Trinajstić information content (AvgIpc) is 3.78. The summed E-state index contributed by atoms with van der Waals surface area (Å²) in [4.78, 5) is 16.6. The van der Waals surface area contributed by atoms with E-state index in [-0.39, 0.29) is 5.92 Å². The third kappa shape index (κ3) is 4.80. The number of piperidine rings is 1. The van der Waals surface area contributed by atoms with Crippen molar-refractivity contribution in [3.8, 4) is 23.1 Å². The summed E-state index contributed by atoms with van der Waals surface area (Å²) >= 11 is 0. The fraction of sp³-hybridized carbons (Fsp3) is 0.393. The molecule has 1 fully saturated rings. The predicted octanol–water partition coefficient (Wildman–Crippen LogP) is 4.32. The maximum Gasteiger partial charge on any atom is 0.245 e. The Morgan fingerprint density at radius 1 is 1.18 bits per heavy atom. The lowest BCUT2D eigenvalue weighted by Crippen LogP contribution is -2.34.